The number of rotatable bonds is 6. The van der Waals surface area contributed by atoms with Crippen molar-refractivity contribution in [2.24, 2.45) is 5.41 Å². The minimum atomic E-state index is -0.880. The fourth-order valence-corrected chi connectivity index (χ4v) is 2.66. The van der Waals surface area contributed by atoms with Gasteiger partial charge in [-0.3, -0.25) is 9.59 Å². The summed E-state index contributed by atoms with van der Waals surface area (Å²) in [4.78, 5) is 23.0. The number of carbonyl (C=O) groups excluding carboxylic acids is 1. The SMILES string of the molecule is CCCC1(C(=O)NC(C)CC(=O)O)CCCNC1. The van der Waals surface area contributed by atoms with E-state index in [0.29, 0.717) is 6.54 Å². The zero-order valence-corrected chi connectivity index (χ0v) is 11.3. The highest BCUT2D eigenvalue weighted by Crippen LogP contribution is 2.32. The molecule has 18 heavy (non-hydrogen) atoms. The summed E-state index contributed by atoms with van der Waals surface area (Å²) >= 11 is 0. The van der Waals surface area contributed by atoms with E-state index in [2.05, 4.69) is 17.6 Å². The van der Waals surface area contributed by atoms with Crippen LogP contribution < -0.4 is 10.6 Å². The van der Waals surface area contributed by atoms with Gasteiger partial charge in [0.15, 0.2) is 0 Å². The Morgan fingerprint density at radius 3 is 2.72 bits per heavy atom. The van der Waals surface area contributed by atoms with Crippen LogP contribution >= 0.6 is 0 Å². The summed E-state index contributed by atoms with van der Waals surface area (Å²) in [6.07, 6.45) is 3.68. The molecule has 1 aliphatic heterocycles. The first-order valence-electron chi connectivity index (χ1n) is 6.73. The molecule has 5 heteroatoms. The molecule has 1 heterocycles. The van der Waals surface area contributed by atoms with Crippen LogP contribution in [0.2, 0.25) is 0 Å². The van der Waals surface area contributed by atoms with Crippen molar-refractivity contribution in [3.63, 3.8) is 0 Å². The Morgan fingerprint density at radius 1 is 1.50 bits per heavy atom. The Labute approximate surface area is 108 Å². The molecule has 0 aromatic heterocycles. The molecule has 0 aromatic carbocycles. The van der Waals surface area contributed by atoms with E-state index in [1.165, 1.54) is 0 Å². The van der Waals surface area contributed by atoms with Crippen LogP contribution in [-0.2, 0) is 9.59 Å². The van der Waals surface area contributed by atoms with Crippen molar-refractivity contribution in [1.82, 2.24) is 10.6 Å². The number of piperidine rings is 1. The van der Waals surface area contributed by atoms with Gasteiger partial charge in [-0.05, 0) is 32.7 Å². The Kier molecular flexibility index (Phi) is 5.59. The minimum absolute atomic E-state index is 0.00491. The van der Waals surface area contributed by atoms with E-state index in [-0.39, 0.29) is 23.8 Å². The maximum Gasteiger partial charge on any atom is 0.305 e. The van der Waals surface area contributed by atoms with Gasteiger partial charge in [0.05, 0.1) is 11.8 Å². The van der Waals surface area contributed by atoms with E-state index < -0.39 is 5.97 Å². The smallest absolute Gasteiger partial charge is 0.305 e. The van der Waals surface area contributed by atoms with E-state index in [4.69, 9.17) is 5.11 Å². The van der Waals surface area contributed by atoms with Crippen LogP contribution in [-0.4, -0.2) is 36.1 Å². The number of carbonyl (C=O) groups is 2. The van der Waals surface area contributed by atoms with Gasteiger partial charge in [0.25, 0.3) is 0 Å². The average Bonchev–Trinajstić information content (AvgIpc) is 2.29. The molecular formula is C13H24N2O3. The quantitative estimate of drug-likeness (QED) is 0.666. The highest BCUT2D eigenvalue weighted by molar-refractivity contribution is 5.83. The molecular weight excluding hydrogens is 232 g/mol. The second kappa shape index (κ2) is 6.73. The summed E-state index contributed by atoms with van der Waals surface area (Å²) in [5, 5.41) is 14.8. The van der Waals surface area contributed by atoms with Gasteiger partial charge in [0.1, 0.15) is 0 Å². The maximum atomic E-state index is 12.4. The lowest BCUT2D eigenvalue weighted by molar-refractivity contribution is -0.138. The van der Waals surface area contributed by atoms with E-state index >= 15 is 0 Å². The van der Waals surface area contributed by atoms with Crippen LogP contribution in [0, 0.1) is 5.41 Å². The number of amides is 1. The van der Waals surface area contributed by atoms with Crippen molar-refractivity contribution in [1.29, 1.82) is 0 Å². The summed E-state index contributed by atoms with van der Waals surface area (Å²) in [6.45, 7) is 5.47. The van der Waals surface area contributed by atoms with Crippen LogP contribution in [0.25, 0.3) is 0 Å². The number of hydrogen-bond donors (Lipinski definition) is 3. The van der Waals surface area contributed by atoms with Gasteiger partial charge in [-0.15, -0.1) is 0 Å². The summed E-state index contributed by atoms with van der Waals surface area (Å²) in [5.74, 6) is -0.876. The second-order valence-corrected chi connectivity index (χ2v) is 5.28. The average molecular weight is 256 g/mol. The van der Waals surface area contributed by atoms with Gasteiger partial charge >= 0.3 is 5.97 Å². The monoisotopic (exact) mass is 256 g/mol. The zero-order valence-electron chi connectivity index (χ0n) is 11.3. The van der Waals surface area contributed by atoms with Crippen LogP contribution in [0.4, 0.5) is 0 Å². The molecule has 1 rings (SSSR count). The number of carboxylic acid groups (broad SMARTS) is 1. The van der Waals surface area contributed by atoms with E-state index in [9.17, 15) is 9.59 Å². The summed E-state index contributed by atoms with van der Waals surface area (Å²) in [7, 11) is 0. The summed E-state index contributed by atoms with van der Waals surface area (Å²) in [5.41, 5.74) is -0.347. The molecule has 3 N–H and O–H groups in total. The molecule has 5 nitrogen and oxygen atoms in total. The first-order chi connectivity index (χ1) is 8.50. The molecule has 0 aliphatic carbocycles. The predicted octanol–water partition coefficient (Wildman–Crippen LogP) is 1.14. The highest BCUT2D eigenvalue weighted by atomic mass is 16.4. The van der Waals surface area contributed by atoms with Gasteiger partial charge in [0, 0.05) is 12.6 Å². The van der Waals surface area contributed by atoms with Gasteiger partial charge in [-0.1, -0.05) is 13.3 Å². The van der Waals surface area contributed by atoms with Crippen LogP contribution in [0.15, 0.2) is 0 Å². The van der Waals surface area contributed by atoms with Crippen molar-refractivity contribution in [2.75, 3.05) is 13.1 Å². The Hall–Kier alpha value is -1.10. The maximum absolute atomic E-state index is 12.4. The van der Waals surface area contributed by atoms with Gasteiger partial charge in [-0.2, -0.15) is 0 Å². The highest BCUT2D eigenvalue weighted by Gasteiger charge is 2.39. The Balaban J connectivity index is 2.61. The van der Waals surface area contributed by atoms with E-state index in [0.717, 1.165) is 32.2 Å². The standard InChI is InChI=1S/C13H24N2O3/c1-3-5-13(6-4-7-14-9-13)12(18)15-10(2)8-11(16)17/h10,14H,3-9H2,1-2H3,(H,15,18)(H,16,17). The van der Waals surface area contributed by atoms with Crippen molar-refractivity contribution in [2.45, 2.75) is 52.0 Å². The molecule has 1 fully saturated rings. The van der Waals surface area contributed by atoms with Crippen LogP contribution in [0.5, 0.6) is 0 Å². The van der Waals surface area contributed by atoms with Crippen molar-refractivity contribution in [3.8, 4) is 0 Å². The normalized spacial score (nSPS) is 25.4. The van der Waals surface area contributed by atoms with Crippen molar-refractivity contribution >= 4 is 11.9 Å². The lowest BCUT2D eigenvalue weighted by atomic mass is 9.76. The topological polar surface area (TPSA) is 78.4 Å². The second-order valence-electron chi connectivity index (χ2n) is 5.28. The molecule has 1 aliphatic rings. The van der Waals surface area contributed by atoms with Gasteiger partial charge in [-0.25, -0.2) is 0 Å². The van der Waals surface area contributed by atoms with Crippen molar-refractivity contribution < 1.29 is 14.7 Å². The van der Waals surface area contributed by atoms with Gasteiger partial charge < -0.3 is 15.7 Å². The molecule has 0 radical (unpaired) electrons. The molecule has 1 saturated heterocycles. The lowest BCUT2D eigenvalue weighted by Crippen LogP contribution is -2.52. The molecule has 0 saturated carbocycles. The third-order valence-electron chi connectivity index (χ3n) is 3.54. The lowest BCUT2D eigenvalue weighted by Gasteiger charge is -2.37. The first-order valence-corrected chi connectivity index (χ1v) is 6.73. The predicted molar refractivity (Wildman–Crippen MR) is 69.3 cm³/mol. The largest absolute Gasteiger partial charge is 0.481 e. The number of aliphatic carboxylic acids is 1. The zero-order chi connectivity index (χ0) is 13.6. The number of carboxylic acids is 1. The van der Waals surface area contributed by atoms with E-state index in [1.807, 2.05) is 0 Å². The third kappa shape index (κ3) is 3.98. The van der Waals surface area contributed by atoms with Crippen molar-refractivity contribution in [3.05, 3.63) is 0 Å². The number of nitrogens with one attached hydrogen (secondary N) is 2. The molecule has 2 unspecified atom stereocenters. The summed E-state index contributed by atoms with van der Waals surface area (Å²) < 4.78 is 0. The fraction of sp³-hybridized carbons (Fsp3) is 0.846. The van der Waals surface area contributed by atoms with Crippen LogP contribution in [0.3, 0.4) is 0 Å². The third-order valence-corrected chi connectivity index (χ3v) is 3.54. The molecule has 104 valence electrons. The molecule has 0 bridgehead atoms. The summed E-state index contributed by atoms with van der Waals surface area (Å²) in [6, 6.07) is -0.314. The fourth-order valence-electron chi connectivity index (χ4n) is 2.66. The molecule has 0 aromatic rings. The minimum Gasteiger partial charge on any atom is -0.481 e. The Bertz CT molecular complexity index is 293. The molecule has 2 atom stereocenters. The molecule has 1 amide bonds. The van der Waals surface area contributed by atoms with Crippen LogP contribution in [0.1, 0.15) is 46.0 Å². The first kappa shape index (κ1) is 15.0. The molecule has 0 spiro atoms. The van der Waals surface area contributed by atoms with E-state index in [1.54, 1.807) is 6.92 Å². The number of hydrogen-bond acceptors (Lipinski definition) is 3. The van der Waals surface area contributed by atoms with Gasteiger partial charge in [0.2, 0.25) is 5.91 Å². The Morgan fingerprint density at radius 2 is 2.22 bits per heavy atom.